The molecule has 1 amide bonds. The highest BCUT2D eigenvalue weighted by Gasteiger charge is 2.31. The quantitative estimate of drug-likeness (QED) is 0.844. The van der Waals surface area contributed by atoms with E-state index in [1.165, 1.54) is 0 Å². The Morgan fingerprint density at radius 1 is 1.26 bits per heavy atom. The summed E-state index contributed by atoms with van der Waals surface area (Å²) in [6.45, 7) is 3.20. The van der Waals surface area contributed by atoms with Gasteiger partial charge in [-0.05, 0) is 25.0 Å². The SMILES string of the molecule is CN(C)c1cccc(C2CN(C(=O)C3CCOCC3)CCO2)n1. The van der Waals surface area contributed by atoms with Gasteiger partial charge >= 0.3 is 0 Å². The number of anilines is 1. The number of hydrogen-bond donors (Lipinski definition) is 0. The van der Waals surface area contributed by atoms with Crippen LogP contribution in [-0.4, -0.2) is 62.8 Å². The molecule has 3 rings (SSSR count). The van der Waals surface area contributed by atoms with Crippen LogP contribution in [0.25, 0.3) is 0 Å². The van der Waals surface area contributed by atoms with Gasteiger partial charge in [0.05, 0.1) is 18.8 Å². The largest absolute Gasteiger partial charge is 0.381 e. The van der Waals surface area contributed by atoms with E-state index < -0.39 is 0 Å². The normalized spacial score (nSPS) is 22.9. The van der Waals surface area contributed by atoms with Gasteiger partial charge in [0.15, 0.2) is 0 Å². The molecule has 6 nitrogen and oxygen atoms in total. The summed E-state index contributed by atoms with van der Waals surface area (Å²) in [5, 5.41) is 0. The molecule has 1 aromatic heterocycles. The van der Waals surface area contributed by atoms with Gasteiger partial charge in [-0.15, -0.1) is 0 Å². The van der Waals surface area contributed by atoms with E-state index in [0.29, 0.717) is 32.9 Å². The summed E-state index contributed by atoms with van der Waals surface area (Å²) in [6.07, 6.45) is 1.51. The van der Waals surface area contributed by atoms with Crippen molar-refractivity contribution in [3.63, 3.8) is 0 Å². The van der Waals surface area contributed by atoms with E-state index in [9.17, 15) is 4.79 Å². The van der Waals surface area contributed by atoms with E-state index in [-0.39, 0.29) is 17.9 Å². The van der Waals surface area contributed by atoms with Gasteiger partial charge in [0.25, 0.3) is 0 Å². The molecule has 2 fully saturated rings. The van der Waals surface area contributed by atoms with Crippen LogP contribution in [-0.2, 0) is 14.3 Å². The van der Waals surface area contributed by atoms with Crippen molar-refractivity contribution >= 4 is 11.7 Å². The Labute approximate surface area is 137 Å². The van der Waals surface area contributed by atoms with Crippen LogP contribution in [0, 0.1) is 5.92 Å². The molecule has 0 bridgehead atoms. The molecule has 2 aliphatic rings. The zero-order valence-corrected chi connectivity index (χ0v) is 13.9. The lowest BCUT2D eigenvalue weighted by atomic mass is 9.98. The summed E-state index contributed by atoms with van der Waals surface area (Å²) in [5.41, 5.74) is 0.890. The van der Waals surface area contributed by atoms with Crippen molar-refractivity contribution in [2.45, 2.75) is 18.9 Å². The monoisotopic (exact) mass is 319 g/mol. The minimum atomic E-state index is -0.146. The molecule has 2 aliphatic heterocycles. The fraction of sp³-hybridized carbons (Fsp3) is 0.647. The molecule has 0 radical (unpaired) electrons. The van der Waals surface area contributed by atoms with E-state index in [0.717, 1.165) is 24.4 Å². The first kappa shape index (κ1) is 16.2. The summed E-state index contributed by atoms with van der Waals surface area (Å²) < 4.78 is 11.2. The number of amides is 1. The van der Waals surface area contributed by atoms with E-state index in [4.69, 9.17) is 9.47 Å². The smallest absolute Gasteiger partial charge is 0.226 e. The van der Waals surface area contributed by atoms with Gasteiger partial charge in [0.2, 0.25) is 5.91 Å². The number of morpholine rings is 1. The van der Waals surface area contributed by atoms with E-state index in [1.807, 2.05) is 42.1 Å². The Bertz CT molecular complexity index is 544. The molecule has 1 aromatic rings. The topological polar surface area (TPSA) is 54.9 Å². The van der Waals surface area contributed by atoms with Crippen LogP contribution >= 0.6 is 0 Å². The van der Waals surface area contributed by atoms with Gasteiger partial charge in [-0.2, -0.15) is 0 Å². The second kappa shape index (κ2) is 7.27. The summed E-state index contributed by atoms with van der Waals surface area (Å²) in [7, 11) is 3.93. The van der Waals surface area contributed by atoms with E-state index in [1.54, 1.807) is 0 Å². The third-order valence-corrected chi connectivity index (χ3v) is 4.49. The van der Waals surface area contributed by atoms with Crippen LogP contribution in [0.4, 0.5) is 5.82 Å². The molecule has 126 valence electrons. The first-order valence-corrected chi connectivity index (χ1v) is 8.27. The highest BCUT2D eigenvalue weighted by atomic mass is 16.5. The number of rotatable bonds is 3. The lowest BCUT2D eigenvalue weighted by Crippen LogP contribution is -2.46. The first-order chi connectivity index (χ1) is 11.1. The summed E-state index contributed by atoms with van der Waals surface area (Å²) in [4.78, 5) is 21.2. The molecule has 1 unspecified atom stereocenters. The standard InChI is InChI=1S/C17H25N3O3/c1-19(2)16-5-3-4-14(18-16)15-12-20(8-11-23-15)17(21)13-6-9-22-10-7-13/h3-5,13,15H,6-12H2,1-2H3. The number of hydrogen-bond acceptors (Lipinski definition) is 5. The van der Waals surface area contributed by atoms with E-state index >= 15 is 0 Å². The Morgan fingerprint density at radius 2 is 2.04 bits per heavy atom. The third kappa shape index (κ3) is 3.82. The van der Waals surface area contributed by atoms with E-state index in [2.05, 4.69) is 4.98 Å². The van der Waals surface area contributed by atoms with Crippen molar-refractivity contribution in [3.05, 3.63) is 23.9 Å². The Kier molecular flexibility index (Phi) is 5.13. The molecular weight excluding hydrogens is 294 g/mol. The average Bonchev–Trinajstić information content (AvgIpc) is 2.62. The van der Waals surface area contributed by atoms with Crippen LogP contribution in [0.15, 0.2) is 18.2 Å². The minimum Gasteiger partial charge on any atom is -0.381 e. The maximum atomic E-state index is 12.7. The Morgan fingerprint density at radius 3 is 2.78 bits per heavy atom. The van der Waals surface area contributed by atoms with Gasteiger partial charge < -0.3 is 19.3 Å². The van der Waals surface area contributed by atoms with Crippen LogP contribution < -0.4 is 4.90 Å². The minimum absolute atomic E-state index is 0.101. The van der Waals surface area contributed by atoms with Gasteiger partial charge in [0.1, 0.15) is 11.9 Å². The highest BCUT2D eigenvalue weighted by molar-refractivity contribution is 5.79. The second-order valence-electron chi connectivity index (χ2n) is 6.35. The number of aromatic nitrogens is 1. The van der Waals surface area contributed by atoms with Gasteiger partial charge in [0, 0.05) is 39.8 Å². The Balaban J connectivity index is 1.68. The molecule has 0 saturated carbocycles. The predicted octanol–water partition coefficient (Wildman–Crippen LogP) is 1.47. The summed E-state index contributed by atoms with van der Waals surface area (Å²) >= 11 is 0. The first-order valence-electron chi connectivity index (χ1n) is 8.27. The zero-order chi connectivity index (χ0) is 16.2. The molecule has 3 heterocycles. The second-order valence-corrected chi connectivity index (χ2v) is 6.35. The maximum Gasteiger partial charge on any atom is 0.226 e. The average molecular weight is 319 g/mol. The number of ether oxygens (including phenoxy) is 2. The lowest BCUT2D eigenvalue weighted by Gasteiger charge is -2.35. The van der Waals surface area contributed by atoms with Crippen molar-refractivity contribution in [1.29, 1.82) is 0 Å². The van der Waals surface area contributed by atoms with Crippen LogP contribution in [0.3, 0.4) is 0 Å². The molecule has 6 heteroatoms. The van der Waals surface area contributed by atoms with Crippen molar-refractivity contribution in [1.82, 2.24) is 9.88 Å². The fourth-order valence-corrected chi connectivity index (χ4v) is 3.10. The summed E-state index contributed by atoms with van der Waals surface area (Å²) in [6, 6.07) is 5.93. The maximum absolute atomic E-state index is 12.7. The van der Waals surface area contributed by atoms with Gasteiger partial charge in [-0.1, -0.05) is 6.07 Å². The molecule has 1 atom stereocenters. The molecule has 0 aromatic carbocycles. The Hall–Kier alpha value is -1.66. The van der Waals surface area contributed by atoms with Crippen LogP contribution in [0.1, 0.15) is 24.6 Å². The molecule has 23 heavy (non-hydrogen) atoms. The summed E-state index contributed by atoms with van der Waals surface area (Å²) in [5.74, 6) is 1.24. The number of carbonyl (C=O) groups is 1. The van der Waals surface area contributed by atoms with Crippen LogP contribution in [0.2, 0.25) is 0 Å². The highest BCUT2D eigenvalue weighted by Crippen LogP contribution is 2.25. The molecule has 0 aliphatic carbocycles. The molecule has 2 saturated heterocycles. The van der Waals surface area contributed by atoms with Crippen LogP contribution in [0.5, 0.6) is 0 Å². The zero-order valence-electron chi connectivity index (χ0n) is 13.9. The van der Waals surface area contributed by atoms with Crippen molar-refractivity contribution in [3.8, 4) is 0 Å². The molecule has 0 spiro atoms. The molecule has 0 N–H and O–H groups in total. The van der Waals surface area contributed by atoms with Crippen molar-refractivity contribution in [2.75, 3.05) is 51.9 Å². The fourth-order valence-electron chi connectivity index (χ4n) is 3.10. The predicted molar refractivity (Wildman–Crippen MR) is 87.4 cm³/mol. The van der Waals surface area contributed by atoms with Gasteiger partial charge in [-0.3, -0.25) is 4.79 Å². The number of carbonyl (C=O) groups excluding carboxylic acids is 1. The lowest BCUT2D eigenvalue weighted by molar-refractivity contribution is -0.146. The van der Waals surface area contributed by atoms with Gasteiger partial charge in [-0.25, -0.2) is 4.98 Å². The number of nitrogens with zero attached hydrogens (tertiary/aromatic N) is 3. The molecular formula is C17H25N3O3. The van der Waals surface area contributed by atoms with Crippen molar-refractivity contribution < 1.29 is 14.3 Å². The number of pyridine rings is 1. The third-order valence-electron chi connectivity index (χ3n) is 4.49. The van der Waals surface area contributed by atoms with Crippen molar-refractivity contribution in [2.24, 2.45) is 5.92 Å².